The van der Waals surface area contributed by atoms with Crippen LogP contribution in [0.15, 0.2) is 71.2 Å². The van der Waals surface area contributed by atoms with E-state index in [-0.39, 0.29) is 38.6 Å². The third-order valence-corrected chi connectivity index (χ3v) is 10.4. The highest BCUT2D eigenvalue weighted by Gasteiger charge is 2.74. The maximum absolute atomic E-state index is 15.0. The van der Waals surface area contributed by atoms with Crippen LogP contribution in [0, 0.1) is 18.8 Å². The third kappa shape index (κ3) is 6.14. The second-order valence-electron chi connectivity index (χ2n) is 12.3. The van der Waals surface area contributed by atoms with Crippen LogP contribution in [0.3, 0.4) is 0 Å². The van der Waals surface area contributed by atoms with Crippen LogP contribution in [-0.2, 0) is 28.7 Å². The maximum Gasteiger partial charge on any atom is 0.306 e. The number of aliphatic hydroxyl groups excluding tert-OH is 1. The maximum atomic E-state index is 15.0. The standard InChI is InChI=1S/C35H37BrClN3O7/c1-21-11-10-14-24(37)29(21)39-16-7-3-6-15-26(42)46-20-25(22-12-4-2-5-13-22)38-32(43)27-28-33(44)40(17-8-9-18-41)31(34(39)45)35(28)19-23(36)30(27)47-35/h2-5,7,10-14,19,25,27-28,30-31,41H,6,8-9,15-18,20H2,1H3,(H,38,43)/b7-3-/t25-,27-,28+,30-,31-,35+/m1/s1. The number of nitrogens with zero attached hydrogens (tertiary/aromatic N) is 2. The van der Waals surface area contributed by atoms with Crippen molar-refractivity contribution < 1.29 is 33.8 Å². The summed E-state index contributed by atoms with van der Waals surface area (Å²) in [4.78, 5) is 59.5. The normalized spacial score (nSPS) is 30.2. The number of benzene rings is 2. The fourth-order valence-electron chi connectivity index (χ4n) is 7.26. The molecule has 2 saturated heterocycles. The lowest BCUT2D eigenvalue weighted by atomic mass is 9.74. The number of halogens is 2. The Labute approximate surface area is 286 Å². The Morgan fingerprint density at radius 2 is 1.83 bits per heavy atom. The summed E-state index contributed by atoms with van der Waals surface area (Å²) in [7, 11) is 0. The first-order valence-electron chi connectivity index (χ1n) is 15.9. The number of nitrogens with one attached hydrogen (secondary N) is 1. The summed E-state index contributed by atoms with van der Waals surface area (Å²) in [5.74, 6) is -3.60. The molecular weight excluding hydrogens is 690 g/mol. The number of fused-ring (bicyclic) bond motifs is 2. The summed E-state index contributed by atoms with van der Waals surface area (Å²) < 4.78 is 12.8. The van der Waals surface area contributed by atoms with E-state index in [9.17, 15) is 24.3 Å². The Hall–Kier alpha value is -3.51. The van der Waals surface area contributed by atoms with Crippen molar-refractivity contribution in [2.24, 2.45) is 11.8 Å². The first kappa shape index (κ1) is 33.4. The van der Waals surface area contributed by atoms with Gasteiger partial charge in [-0.05, 0) is 49.5 Å². The summed E-state index contributed by atoms with van der Waals surface area (Å²) in [6.07, 6.45) is 5.95. The molecule has 4 heterocycles. The molecule has 0 aliphatic carbocycles. The second kappa shape index (κ2) is 13.9. The van der Waals surface area contributed by atoms with E-state index in [0.717, 1.165) is 11.1 Å². The van der Waals surface area contributed by atoms with Crippen LogP contribution in [0.1, 0.15) is 42.9 Å². The lowest BCUT2D eigenvalue weighted by molar-refractivity contribution is -0.145. The Bertz CT molecular complexity index is 1600. The zero-order chi connectivity index (χ0) is 33.3. The molecule has 6 atom stereocenters. The van der Waals surface area contributed by atoms with Gasteiger partial charge in [-0.2, -0.15) is 0 Å². The average Bonchev–Trinajstić information content (AvgIpc) is 3.64. The second-order valence-corrected chi connectivity index (χ2v) is 13.6. The zero-order valence-electron chi connectivity index (χ0n) is 25.9. The topological polar surface area (TPSA) is 125 Å². The minimum absolute atomic E-state index is 0.0640. The molecule has 6 rings (SSSR count). The molecular formula is C35H37BrClN3O7. The van der Waals surface area contributed by atoms with Gasteiger partial charge in [-0.3, -0.25) is 19.2 Å². The van der Waals surface area contributed by atoms with Gasteiger partial charge in [-0.25, -0.2) is 0 Å². The van der Waals surface area contributed by atoms with Crippen LogP contribution in [0.2, 0.25) is 5.02 Å². The fourth-order valence-corrected chi connectivity index (χ4v) is 8.31. The molecule has 1 spiro atoms. The monoisotopic (exact) mass is 725 g/mol. The molecule has 2 aromatic rings. The highest BCUT2D eigenvalue weighted by atomic mass is 79.9. The third-order valence-electron chi connectivity index (χ3n) is 9.39. The van der Waals surface area contributed by atoms with Gasteiger partial charge in [0.1, 0.15) is 24.4 Å². The number of unbranched alkanes of at least 4 members (excludes halogenated alkanes) is 1. The molecule has 3 amide bonds. The molecule has 0 saturated carbocycles. The quantitative estimate of drug-likeness (QED) is 0.257. The summed E-state index contributed by atoms with van der Waals surface area (Å²) in [6, 6.07) is 12.8. The van der Waals surface area contributed by atoms with Crippen LogP contribution < -0.4 is 10.2 Å². The number of hydrogen-bond acceptors (Lipinski definition) is 7. The minimum atomic E-state index is -1.43. The minimum Gasteiger partial charge on any atom is -0.463 e. The van der Waals surface area contributed by atoms with Crippen molar-refractivity contribution >= 4 is 56.9 Å². The number of carbonyl (C=O) groups is 4. The Morgan fingerprint density at radius 3 is 2.57 bits per heavy atom. The molecule has 2 aromatic carbocycles. The highest BCUT2D eigenvalue weighted by Crippen LogP contribution is 2.59. The van der Waals surface area contributed by atoms with Crippen molar-refractivity contribution in [3.8, 4) is 0 Å². The van der Waals surface area contributed by atoms with Gasteiger partial charge in [0.15, 0.2) is 0 Å². The van der Waals surface area contributed by atoms with E-state index in [1.807, 2.05) is 49.4 Å². The lowest BCUT2D eigenvalue weighted by Gasteiger charge is -2.36. The van der Waals surface area contributed by atoms with Crippen molar-refractivity contribution in [2.45, 2.75) is 56.4 Å². The van der Waals surface area contributed by atoms with Crippen LogP contribution in [0.25, 0.3) is 0 Å². The number of cyclic esters (lactones) is 1. The number of amides is 3. The van der Waals surface area contributed by atoms with Gasteiger partial charge in [0.05, 0.1) is 28.6 Å². The Kier molecular flexibility index (Phi) is 9.89. The number of rotatable bonds is 6. The molecule has 12 heteroatoms. The predicted molar refractivity (Wildman–Crippen MR) is 179 cm³/mol. The number of para-hydroxylation sites is 1. The van der Waals surface area contributed by atoms with E-state index in [0.29, 0.717) is 34.5 Å². The van der Waals surface area contributed by atoms with Gasteiger partial charge in [0.25, 0.3) is 5.91 Å². The number of allylic oxidation sites excluding steroid dienone is 1. The van der Waals surface area contributed by atoms with Crippen LogP contribution in [0.4, 0.5) is 5.69 Å². The number of carbonyl (C=O) groups excluding carboxylic acids is 4. The van der Waals surface area contributed by atoms with Gasteiger partial charge in [0.2, 0.25) is 11.8 Å². The summed E-state index contributed by atoms with van der Waals surface area (Å²) in [5, 5.41) is 12.9. The van der Waals surface area contributed by atoms with Crippen molar-refractivity contribution in [1.29, 1.82) is 0 Å². The van der Waals surface area contributed by atoms with Gasteiger partial charge >= 0.3 is 5.97 Å². The van der Waals surface area contributed by atoms with Crippen molar-refractivity contribution in [3.05, 3.63) is 87.4 Å². The lowest BCUT2D eigenvalue weighted by Crippen LogP contribution is -2.56. The van der Waals surface area contributed by atoms with E-state index < -0.39 is 53.4 Å². The van der Waals surface area contributed by atoms with Crippen molar-refractivity contribution in [2.75, 3.05) is 31.2 Å². The van der Waals surface area contributed by atoms with E-state index in [1.165, 1.54) is 4.90 Å². The number of esters is 1. The highest BCUT2D eigenvalue weighted by molar-refractivity contribution is 9.11. The molecule has 10 nitrogen and oxygen atoms in total. The van der Waals surface area contributed by atoms with Gasteiger partial charge in [-0.15, -0.1) is 0 Å². The van der Waals surface area contributed by atoms with Crippen LogP contribution in [0.5, 0.6) is 0 Å². The SMILES string of the molecule is Cc1cccc(Cl)c1N1C/C=C\CCC(=O)OC[C@H](c2ccccc2)NC(=O)[C@H]2[C@@H]3O[C@@]4(C=C3Br)[C@@H]2C(=O)N(CCCCO)[C@@H]4C1=O. The van der Waals surface area contributed by atoms with Crippen LogP contribution in [-0.4, -0.2) is 77.7 Å². The Balaban J connectivity index is 1.47. The Morgan fingerprint density at radius 1 is 1.04 bits per heavy atom. The molecule has 0 radical (unpaired) electrons. The molecule has 2 N–H and O–H groups in total. The fraction of sp³-hybridized carbons (Fsp3) is 0.429. The van der Waals surface area contributed by atoms with Crippen molar-refractivity contribution in [3.63, 3.8) is 0 Å². The first-order chi connectivity index (χ1) is 22.7. The van der Waals surface area contributed by atoms with E-state index in [2.05, 4.69) is 21.2 Å². The molecule has 0 unspecified atom stereocenters. The smallest absolute Gasteiger partial charge is 0.306 e. The van der Waals surface area contributed by atoms with Crippen LogP contribution >= 0.6 is 27.5 Å². The largest absolute Gasteiger partial charge is 0.463 e. The molecule has 47 heavy (non-hydrogen) atoms. The van der Waals surface area contributed by atoms with Gasteiger partial charge in [0, 0.05) is 30.6 Å². The molecule has 4 aliphatic rings. The molecule has 2 fully saturated rings. The van der Waals surface area contributed by atoms with Gasteiger partial charge in [-0.1, -0.05) is 82.1 Å². The summed E-state index contributed by atoms with van der Waals surface area (Å²) >= 11 is 10.3. The molecule has 5 bridgehead atoms. The summed E-state index contributed by atoms with van der Waals surface area (Å²) in [5.41, 5.74) is 0.566. The number of aryl methyl sites for hydroxylation is 1. The molecule has 248 valence electrons. The number of aliphatic hydroxyl groups is 1. The van der Waals surface area contributed by atoms with E-state index in [1.54, 1.807) is 29.2 Å². The number of likely N-dealkylation sites (tertiary alicyclic amines) is 1. The predicted octanol–water partition coefficient (Wildman–Crippen LogP) is 4.38. The van der Waals surface area contributed by atoms with Gasteiger partial charge < -0.3 is 29.7 Å². The zero-order valence-corrected chi connectivity index (χ0v) is 28.3. The number of hydrogen-bond donors (Lipinski definition) is 2. The molecule has 0 aromatic heterocycles. The van der Waals surface area contributed by atoms with E-state index >= 15 is 0 Å². The molecule has 4 aliphatic heterocycles. The number of anilines is 1. The average molecular weight is 727 g/mol. The first-order valence-corrected chi connectivity index (χ1v) is 17.0. The number of ether oxygens (including phenoxy) is 2. The summed E-state index contributed by atoms with van der Waals surface area (Å²) in [6.45, 7) is 2.00. The van der Waals surface area contributed by atoms with Crippen molar-refractivity contribution in [1.82, 2.24) is 10.2 Å². The van der Waals surface area contributed by atoms with E-state index in [4.69, 9.17) is 21.1 Å².